The summed E-state index contributed by atoms with van der Waals surface area (Å²) in [7, 11) is 0. The molecule has 1 aliphatic heterocycles. The third-order valence-electron chi connectivity index (χ3n) is 4.60. The van der Waals surface area contributed by atoms with Crippen LogP contribution in [0.4, 0.5) is 5.82 Å². The van der Waals surface area contributed by atoms with E-state index in [9.17, 15) is 4.79 Å². The number of amides is 1. The normalized spacial score (nSPS) is 16.1. The van der Waals surface area contributed by atoms with Gasteiger partial charge in [0.2, 0.25) is 0 Å². The number of anilines is 1. The molecule has 0 aliphatic carbocycles. The van der Waals surface area contributed by atoms with Crippen LogP contribution in [0.5, 0.6) is 0 Å². The highest BCUT2D eigenvalue weighted by Gasteiger charge is 2.34. The van der Waals surface area contributed by atoms with E-state index >= 15 is 0 Å². The summed E-state index contributed by atoms with van der Waals surface area (Å²) in [5, 5.41) is 6.63. The molecule has 3 heterocycles. The second kappa shape index (κ2) is 8.08. The van der Waals surface area contributed by atoms with Crippen molar-refractivity contribution in [1.29, 1.82) is 0 Å². The van der Waals surface area contributed by atoms with Gasteiger partial charge in [0.15, 0.2) is 5.16 Å². The molecule has 148 valence electrons. The maximum absolute atomic E-state index is 13.0. The first kappa shape index (κ1) is 19.2. The van der Waals surface area contributed by atoms with Crippen LogP contribution in [0.3, 0.4) is 0 Å². The van der Waals surface area contributed by atoms with Crippen molar-refractivity contribution in [2.75, 3.05) is 11.5 Å². The first-order valence-electron chi connectivity index (χ1n) is 9.23. The minimum atomic E-state index is -0.266. The summed E-state index contributed by atoms with van der Waals surface area (Å²) >= 11 is 1.25. The van der Waals surface area contributed by atoms with Crippen LogP contribution in [0.15, 0.2) is 63.4 Å². The van der Waals surface area contributed by atoms with E-state index in [0.717, 1.165) is 17.0 Å². The number of aryl methyl sites for hydroxylation is 2. The number of hydrogen-bond acceptors (Lipinski definition) is 7. The van der Waals surface area contributed by atoms with Gasteiger partial charge in [0.1, 0.15) is 17.6 Å². The Morgan fingerprint density at radius 1 is 1.24 bits per heavy atom. The monoisotopic (exact) mass is 407 g/mol. The van der Waals surface area contributed by atoms with Crippen molar-refractivity contribution < 1.29 is 9.21 Å². The molecule has 1 aliphatic rings. The molecule has 3 aromatic rings. The molecular formula is C21H21N5O2S. The molecular weight excluding hydrogens is 386 g/mol. The number of benzene rings is 1. The third-order valence-corrected chi connectivity index (χ3v) is 5.43. The molecule has 0 saturated heterocycles. The Morgan fingerprint density at radius 2 is 2.03 bits per heavy atom. The van der Waals surface area contributed by atoms with E-state index in [1.54, 1.807) is 12.3 Å². The van der Waals surface area contributed by atoms with Crippen LogP contribution in [0.2, 0.25) is 0 Å². The summed E-state index contributed by atoms with van der Waals surface area (Å²) in [5.41, 5.74) is 9.58. The second-order valence-electron chi connectivity index (χ2n) is 6.89. The molecule has 8 heteroatoms. The maximum Gasteiger partial charge on any atom is 0.253 e. The fourth-order valence-electron chi connectivity index (χ4n) is 3.19. The average Bonchev–Trinajstić information content (AvgIpc) is 3.35. The number of furan rings is 1. The SMILES string of the molecule is Cc1ccc(C2=NN(C(=O)CSc3nc(C)cc(N)n3)[C@H](c3ccco3)C2)cc1. The first-order valence-corrected chi connectivity index (χ1v) is 10.2. The number of carbonyl (C=O) groups is 1. The zero-order valence-electron chi connectivity index (χ0n) is 16.2. The molecule has 1 aromatic carbocycles. The summed E-state index contributed by atoms with van der Waals surface area (Å²) in [6, 6.07) is 13.3. The Kier molecular flexibility index (Phi) is 5.35. The van der Waals surface area contributed by atoms with E-state index in [4.69, 9.17) is 10.2 Å². The standard InChI is InChI=1S/C21H21N5O2S/c1-13-5-7-15(8-6-13)16-11-17(18-4-3-9-28-18)26(25-16)20(27)12-29-21-23-14(2)10-19(22)24-21/h3-10,17H,11-12H2,1-2H3,(H2,22,23,24)/t17-/m0/s1. The molecule has 0 saturated carbocycles. The number of nitrogens with two attached hydrogens (primary N) is 1. The lowest BCUT2D eigenvalue weighted by atomic mass is 10.0. The Balaban J connectivity index is 1.55. The number of carbonyl (C=O) groups excluding carboxylic acids is 1. The number of hydrogen-bond donors (Lipinski definition) is 1. The molecule has 0 radical (unpaired) electrons. The van der Waals surface area contributed by atoms with Crippen LogP contribution in [-0.2, 0) is 4.79 Å². The van der Waals surface area contributed by atoms with E-state index in [0.29, 0.717) is 23.2 Å². The van der Waals surface area contributed by atoms with Gasteiger partial charge in [-0.2, -0.15) is 5.10 Å². The van der Waals surface area contributed by atoms with Gasteiger partial charge >= 0.3 is 0 Å². The van der Waals surface area contributed by atoms with E-state index < -0.39 is 0 Å². The maximum atomic E-state index is 13.0. The van der Waals surface area contributed by atoms with Crippen molar-refractivity contribution in [3.05, 3.63) is 71.3 Å². The minimum Gasteiger partial charge on any atom is -0.467 e. The number of rotatable bonds is 5. The number of nitrogen functional groups attached to an aromatic ring is 1. The zero-order valence-corrected chi connectivity index (χ0v) is 17.0. The van der Waals surface area contributed by atoms with Gasteiger partial charge in [0.25, 0.3) is 5.91 Å². The van der Waals surface area contributed by atoms with Gasteiger partial charge < -0.3 is 10.2 Å². The van der Waals surface area contributed by atoms with Crippen LogP contribution in [0.1, 0.15) is 35.0 Å². The minimum absolute atomic E-state index is 0.137. The number of nitrogens with zero attached hydrogens (tertiary/aromatic N) is 4. The van der Waals surface area contributed by atoms with Crippen molar-refractivity contribution in [2.45, 2.75) is 31.5 Å². The lowest BCUT2D eigenvalue weighted by Crippen LogP contribution is -2.28. The van der Waals surface area contributed by atoms with Gasteiger partial charge in [-0.15, -0.1) is 0 Å². The molecule has 4 rings (SSSR count). The molecule has 1 atom stereocenters. The number of aromatic nitrogens is 2. The van der Waals surface area contributed by atoms with E-state index in [2.05, 4.69) is 15.1 Å². The first-order chi connectivity index (χ1) is 14.0. The van der Waals surface area contributed by atoms with E-state index in [1.807, 2.05) is 50.2 Å². The molecule has 0 fully saturated rings. The zero-order chi connectivity index (χ0) is 20.4. The Hall–Kier alpha value is -3.13. The summed E-state index contributed by atoms with van der Waals surface area (Å²) in [6.45, 7) is 3.88. The van der Waals surface area contributed by atoms with Crippen LogP contribution in [-0.4, -0.2) is 32.3 Å². The van der Waals surface area contributed by atoms with Gasteiger partial charge in [-0.1, -0.05) is 41.6 Å². The van der Waals surface area contributed by atoms with Crippen molar-refractivity contribution in [1.82, 2.24) is 15.0 Å². The summed E-state index contributed by atoms with van der Waals surface area (Å²) in [4.78, 5) is 21.5. The van der Waals surface area contributed by atoms with Crippen molar-refractivity contribution in [2.24, 2.45) is 5.10 Å². The third kappa shape index (κ3) is 4.32. The lowest BCUT2D eigenvalue weighted by molar-refractivity contribution is -0.130. The fourth-order valence-corrected chi connectivity index (χ4v) is 3.95. The van der Waals surface area contributed by atoms with Crippen molar-refractivity contribution in [3.63, 3.8) is 0 Å². The Labute approximate surface area is 173 Å². The van der Waals surface area contributed by atoms with Gasteiger partial charge in [0.05, 0.1) is 17.7 Å². The lowest BCUT2D eigenvalue weighted by Gasteiger charge is -2.19. The topological polar surface area (TPSA) is 97.6 Å². The van der Waals surface area contributed by atoms with E-state index in [-0.39, 0.29) is 17.7 Å². The van der Waals surface area contributed by atoms with Gasteiger partial charge in [-0.3, -0.25) is 4.79 Å². The fraction of sp³-hybridized carbons (Fsp3) is 0.238. The van der Waals surface area contributed by atoms with Gasteiger partial charge in [-0.25, -0.2) is 15.0 Å². The Bertz CT molecular complexity index is 1030. The number of thioether (sulfide) groups is 1. The highest BCUT2D eigenvalue weighted by molar-refractivity contribution is 7.99. The number of hydrazone groups is 1. The quantitative estimate of drug-likeness (QED) is 0.511. The Morgan fingerprint density at radius 3 is 2.72 bits per heavy atom. The molecule has 1 amide bonds. The molecule has 0 unspecified atom stereocenters. The van der Waals surface area contributed by atoms with Crippen LogP contribution in [0.25, 0.3) is 0 Å². The largest absolute Gasteiger partial charge is 0.467 e. The van der Waals surface area contributed by atoms with Gasteiger partial charge in [-0.05, 0) is 31.5 Å². The summed E-state index contributed by atoms with van der Waals surface area (Å²) in [6.07, 6.45) is 2.21. The van der Waals surface area contributed by atoms with E-state index in [1.165, 1.54) is 22.3 Å². The summed E-state index contributed by atoms with van der Waals surface area (Å²) in [5.74, 6) is 1.12. The molecule has 2 N–H and O–H groups in total. The summed E-state index contributed by atoms with van der Waals surface area (Å²) < 4.78 is 5.58. The van der Waals surface area contributed by atoms with Crippen LogP contribution < -0.4 is 5.73 Å². The highest BCUT2D eigenvalue weighted by Crippen LogP contribution is 2.34. The molecule has 7 nitrogen and oxygen atoms in total. The predicted octanol–water partition coefficient (Wildman–Crippen LogP) is 3.74. The highest BCUT2D eigenvalue weighted by atomic mass is 32.2. The molecule has 2 aromatic heterocycles. The molecule has 0 bridgehead atoms. The van der Waals surface area contributed by atoms with Crippen molar-refractivity contribution in [3.8, 4) is 0 Å². The van der Waals surface area contributed by atoms with Crippen molar-refractivity contribution >= 4 is 29.2 Å². The predicted molar refractivity (Wildman–Crippen MR) is 113 cm³/mol. The molecule has 29 heavy (non-hydrogen) atoms. The average molecular weight is 407 g/mol. The van der Waals surface area contributed by atoms with Crippen LogP contribution in [0, 0.1) is 13.8 Å². The smallest absolute Gasteiger partial charge is 0.253 e. The second-order valence-corrected chi connectivity index (χ2v) is 7.83. The van der Waals surface area contributed by atoms with Gasteiger partial charge in [0, 0.05) is 18.2 Å². The van der Waals surface area contributed by atoms with Crippen LogP contribution >= 0.6 is 11.8 Å². The molecule has 0 spiro atoms.